The summed E-state index contributed by atoms with van der Waals surface area (Å²) < 4.78 is 128. The van der Waals surface area contributed by atoms with Crippen LogP contribution < -0.4 is 14.4 Å². The van der Waals surface area contributed by atoms with E-state index in [-0.39, 0.29) is 47.6 Å². The Morgan fingerprint density at radius 1 is 0.865 bits per heavy atom. The number of carbonyl (C=O) groups excluding carboxylic acids is 1. The lowest BCUT2D eigenvalue weighted by atomic mass is 9.78. The van der Waals surface area contributed by atoms with Crippen molar-refractivity contribution in [2.45, 2.75) is 50.5 Å². The largest absolute Gasteiger partial charge is 0.493 e. The number of hydrogen-bond acceptors (Lipinski definition) is 4. The van der Waals surface area contributed by atoms with Crippen LogP contribution in [0, 0.1) is 0 Å². The van der Waals surface area contributed by atoms with E-state index in [1.54, 1.807) is 0 Å². The number of alkyl halides is 8. The molecule has 0 spiro atoms. The Labute approximate surface area is 206 Å². The van der Waals surface area contributed by atoms with Gasteiger partial charge >= 0.3 is 18.4 Å². The number of rotatable bonds is 5. The zero-order valence-corrected chi connectivity index (χ0v) is 20.1. The van der Waals surface area contributed by atoms with Crippen molar-refractivity contribution >= 4 is 11.8 Å². The number of amides is 1. The van der Waals surface area contributed by atoms with Gasteiger partial charge in [0.15, 0.2) is 11.5 Å². The average molecular weight is 541 g/mol. The van der Waals surface area contributed by atoms with Crippen LogP contribution in [0.3, 0.4) is 0 Å². The second kappa shape index (κ2) is 9.90. The van der Waals surface area contributed by atoms with Crippen molar-refractivity contribution in [3.05, 3.63) is 52.6 Å². The first-order valence-corrected chi connectivity index (χ1v) is 11.0. The maximum atomic E-state index is 16.0. The van der Waals surface area contributed by atoms with Crippen LogP contribution in [-0.4, -0.2) is 33.0 Å². The fraction of sp³-hybridized carbons (Fsp3) is 0.458. The van der Waals surface area contributed by atoms with Gasteiger partial charge in [-0.05, 0) is 50.1 Å². The van der Waals surface area contributed by atoms with Crippen LogP contribution in [0.1, 0.15) is 48.4 Å². The van der Waals surface area contributed by atoms with Gasteiger partial charge in [0.1, 0.15) is 0 Å². The number of methoxy groups -OCH3 is 2. The fourth-order valence-electron chi connectivity index (χ4n) is 4.35. The average Bonchev–Trinajstić information content (AvgIpc) is 2.81. The highest BCUT2D eigenvalue weighted by molar-refractivity contribution is 5.91. The Morgan fingerprint density at radius 2 is 1.35 bits per heavy atom. The Kier molecular flexibility index (Phi) is 7.58. The molecule has 1 aliphatic rings. The predicted molar refractivity (Wildman–Crippen MR) is 116 cm³/mol. The van der Waals surface area contributed by atoms with Crippen molar-refractivity contribution in [1.82, 2.24) is 0 Å². The van der Waals surface area contributed by atoms with Crippen molar-refractivity contribution in [2.24, 2.45) is 0 Å². The second-order valence-electron chi connectivity index (χ2n) is 8.39. The number of fused-ring (bicyclic) bond motifs is 1. The summed E-state index contributed by atoms with van der Waals surface area (Å²) in [6.07, 6.45) is -12.0. The molecule has 2 aromatic carbocycles. The molecule has 0 radical (unpaired) electrons. The third-order valence-corrected chi connectivity index (χ3v) is 6.06. The van der Waals surface area contributed by atoms with E-state index in [9.17, 15) is 31.1 Å². The molecule has 0 aromatic heterocycles. The van der Waals surface area contributed by atoms with E-state index in [1.807, 2.05) is 0 Å². The van der Waals surface area contributed by atoms with Gasteiger partial charge in [0, 0.05) is 17.7 Å². The normalized spacial score (nSPS) is 18.3. The first kappa shape index (κ1) is 28.3. The number of anilines is 1. The summed E-state index contributed by atoms with van der Waals surface area (Å²) in [5.74, 6) is -6.11. The number of halogens is 8. The number of ether oxygens (including phenoxy) is 3. The van der Waals surface area contributed by atoms with Gasteiger partial charge in [-0.3, -0.25) is 4.90 Å². The molecule has 0 bridgehead atoms. The summed E-state index contributed by atoms with van der Waals surface area (Å²) in [5, 5.41) is 0. The smallest absolute Gasteiger partial charge is 0.416 e. The van der Waals surface area contributed by atoms with Gasteiger partial charge in [-0.1, -0.05) is 0 Å². The van der Waals surface area contributed by atoms with Crippen molar-refractivity contribution in [3.8, 4) is 11.5 Å². The first-order chi connectivity index (χ1) is 17.1. The van der Waals surface area contributed by atoms with Crippen LogP contribution in [0.25, 0.3) is 0 Å². The monoisotopic (exact) mass is 541 g/mol. The van der Waals surface area contributed by atoms with Crippen molar-refractivity contribution in [2.75, 3.05) is 25.7 Å². The molecule has 1 aliphatic heterocycles. The molecule has 37 heavy (non-hydrogen) atoms. The van der Waals surface area contributed by atoms with Crippen LogP contribution in [0.2, 0.25) is 0 Å². The molecule has 2 aromatic rings. The van der Waals surface area contributed by atoms with Gasteiger partial charge in [-0.15, -0.1) is 0 Å². The molecule has 0 fully saturated rings. The minimum absolute atomic E-state index is 0.0120. The maximum absolute atomic E-state index is 16.0. The van der Waals surface area contributed by atoms with Crippen molar-refractivity contribution in [1.29, 1.82) is 0 Å². The second-order valence-corrected chi connectivity index (χ2v) is 8.39. The van der Waals surface area contributed by atoms with Gasteiger partial charge < -0.3 is 14.2 Å². The molecule has 3 rings (SSSR count). The van der Waals surface area contributed by atoms with Crippen LogP contribution in [-0.2, 0) is 23.0 Å². The molecule has 5 nitrogen and oxygen atoms in total. The summed E-state index contributed by atoms with van der Waals surface area (Å²) in [7, 11) is 2.48. The number of benzene rings is 2. The molecule has 0 saturated carbocycles. The van der Waals surface area contributed by atoms with E-state index < -0.39 is 59.4 Å². The van der Waals surface area contributed by atoms with Crippen LogP contribution >= 0.6 is 0 Å². The Hall–Kier alpha value is -3.25. The topological polar surface area (TPSA) is 48.0 Å². The van der Waals surface area contributed by atoms with Crippen LogP contribution in [0.5, 0.6) is 11.5 Å². The standard InChI is InChI=1S/C24H23F8NO4/c1-5-37-21(34)33-12(2)6-17(16-10-19(35-3)20(36-4)11-18(16)33)22(25,26)13-7-14(23(27,28)29)9-15(8-13)24(30,31)32/h7-12,17H,5-6H2,1-4H3/t12-,17-/m1/s1. The van der Waals surface area contributed by atoms with E-state index >= 15 is 8.78 Å². The molecule has 0 N–H and O–H groups in total. The highest BCUT2D eigenvalue weighted by Gasteiger charge is 2.50. The molecular weight excluding hydrogens is 518 g/mol. The minimum Gasteiger partial charge on any atom is -0.493 e. The Balaban J connectivity index is 2.27. The van der Waals surface area contributed by atoms with E-state index in [0.29, 0.717) is 0 Å². The van der Waals surface area contributed by atoms with Gasteiger partial charge in [0.2, 0.25) is 0 Å². The lowest BCUT2D eigenvalue weighted by Gasteiger charge is -2.41. The Morgan fingerprint density at radius 3 is 1.81 bits per heavy atom. The number of nitrogens with zero attached hydrogens (tertiary/aromatic N) is 1. The SMILES string of the molecule is CCOC(=O)N1c2cc(OC)c(OC)cc2[C@H](C(F)(F)c2cc(C(F)(F)F)cc(C(F)(F)F)c2)C[C@H]1C. The van der Waals surface area contributed by atoms with E-state index in [4.69, 9.17) is 14.2 Å². The lowest BCUT2D eigenvalue weighted by Crippen LogP contribution is -2.46. The van der Waals surface area contributed by atoms with Gasteiger partial charge in [0.05, 0.1) is 43.6 Å². The summed E-state index contributed by atoms with van der Waals surface area (Å²) in [4.78, 5) is 13.7. The molecule has 13 heteroatoms. The third kappa shape index (κ3) is 5.40. The first-order valence-electron chi connectivity index (χ1n) is 11.0. The highest BCUT2D eigenvalue weighted by atomic mass is 19.4. The molecule has 2 atom stereocenters. The maximum Gasteiger partial charge on any atom is 0.416 e. The quantitative estimate of drug-likeness (QED) is 0.371. The van der Waals surface area contributed by atoms with Gasteiger partial charge in [-0.2, -0.15) is 26.3 Å². The zero-order valence-electron chi connectivity index (χ0n) is 20.1. The van der Waals surface area contributed by atoms with Crippen molar-refractivity contribution < 1.29 is 54.1 Å². The molecule has 0 unspecified atom stereocenters. The molecule has 1 heterocycles. The fourth-order valence-corrected chi connectivity index (χ4v) is 4.35. The summed E-state index contributed by atoms with van der Waals surface area (Å²) in [6, 6.07) is 1.21. The predicted octanol–water partition coefficient (Wildman–Crippen LogP) is 7.37. The van der Waals surface area contributed by atoms with E-state index in [1.165, 1.54) is 34.1 Å². The summed E-state index contributed by atoms with van der Waals surface area (Å²) in [6.45, 7) is 2.91. The van der Waals surface area contributed by atoms with Crippen molar-refractivity contribution in [3.63, 3.8) is 0 Å². The van der Waals surface area contributed by atoms with Crippen LogP contribution in [0.15, 0.2) is 30.3 Å². The van der Waals surface area contributed by atoms with E-state index in [0.717, 1.165) is 11.0 Å². The summed E-state index contributed by atoms with van der Waals surface area (Å²) >= 11 is 0. The Bertz CT molecular complexity index is 1130. The highest BCUT2D eigenvalue weighted by Crippen LogP contribution is 2.54. The third-order valence-electron chi connectivity index (χ3n) is 6.06. The zero-order chi connectivity index (χ0) is 27.9. The number of hydrogen-bond donors (Lipinski definition) is 0. The molecule has 0 saturated heterocycles. The molecule has 1 amide bonds. The molecule has 0 aliphatic carbocycles. The minimum atomic E-state index is -5.30. The molecule has 204 valence electrons. The lowest BCUT2D eigenvalue weighted by molar-refractivity contribution is -0.143. The number of carbonyl (C=O) groups is 1. The summed E-state index contributed by atoms with van der Waals surface area (Å²) in [5.41, 5.74) is -5.51. The molecular formula is C24H23F8NO4. The van der Waals surface area contributed by atoms with E-state index in [2.05, 4.69) is 0 Å². The van der Waals surface area contributed by atoms with Crippen LogP contribution in [0.4, 0.5) is 45.6 Å². The van der Waals surface area contributed by atoms with Gasteiger partial charge in [0.25, 0.3) is 5.92 Å². The van der Waals surface area contributed by atoms with Gasteiger partial charge in [-0.25, -0.2) is 13.6 Å².